The molecule has 0 aliphatic heterocycles. The van der Waals surface area contributed by atoms with Gasteiger partial charge in [-0.2, -0.15) is 8.78 Å². The topological polar surface area (TPSA) is 89.2 Å². The standard InChI is InChI=1S/C15H14F2N4O3S2/c1-2-26(22,23)21(10-6-4-3-5-7-10)9-12-18-8-11(25-12)14-19-20-15(24-14)13(16)17/h3-8,13H,2,9H2,1H3. The van der Waals surface area contributed by atoms with Crippen LogP contribution in [0.3, 0.4) is 0 Å². The van der Waals surface area contributed by atoms with E-state index in [0.29, 0.717) is 15.6 Å². The number of aromatic nitrogens is 3. The van der Waals surface area contributed by atoms with Crippen LogP contribution in [0.4, 0.5) is 14.5 Å². The lowest BCUT2D eigenvalue weighted by atomic mass is 10.3. The van der Waals surface area contributed by atoms with Gasteiger partial charge in [0.15, 0.2) is 0 Å². The van der Waals surface area contributed by atoms with Crippen molar-refractivity contribution in [3.05, 3.63) is 47.4 Å². The van der Waals surface area contributed by atoms with Crippen LogP contribution in [-0.2, 0) is 16.6 Å². The van der Waals surface area contributed by atoms with Crippen LogP contribution in [0.2, 0.25) is 0 Å². The van der Waals surface area contributed by atoms with Crippen LogP contribution in [-0.4, -0.2) is 29.4 Å². The molecule has 0 saturated carbocycles. The Bertz CT molecular complexity index is 974. The molecule has 0 fully saturated rings. The summed E-state index contributed by atoms with van der Waals surface area (Å²) in [5, 5.41) is 7.30. The van der Waals surface area contributed by atoms with Crippen molar-refractivity contribution in [2.75, 3.05) is 10.1 Å². The van der Waals surface area contributed by atoms with Gasteiger partial charge in [0.2, 0.25) is 10.0 Å². The molecule has 0 saturated heterocycles. The lowest BCUT2D eigenvalue weighted by Crippen LogP contribution is -2.31. The highest BCUT2D eigenvalue weighted by Crippen LogP contribution is 2.29. The van der Waals surface area contributed by atoms with Crippen molar-refractivity contribution >= 4 is 27.0 Å². The molecule has 0 atom stereocenters. The van der Waals surface area contributed by atoms with Crippen LogP contribution in [0.15, 0.2) is 40.9 Å². The van der Waals surface area contributed by atoms with E-state index in [2.05, 4.69) is 15.2 Å². The summed E-state index contributed by atoms with van der Waals surface area (Å²) in [6, 6.07) is 8.65. The van der Waals surface area contributed by atoms with Gasteiger partial charge in [-0.15, -0.1) is 21.5 Å². The number of thiazole rings is 1. The second-order valence-electron chi connectivity index (χ2n) is 5.11. The highest BCUT2D eigenvalue weighted by molar-refractivity contribution is 7.92. The Kier molecular flexibility index (Phi) is 5.28. The molecule has 2 aromatic heterocycles. The molecule has 7 nitrogen and oxygen atoms in total. The van der Waals surface area contributed by atoms with Crippen LogP contribution in [0.5, 0.6) is 0 Å². The molecule has 0 N–H and O–H groups in total. The van der Waals surface area contributed by atoms with Gasteiger partial charge in [-0.1, -0.05) is 18.2 Å². The number of nitrogens with zero attached hydrogens (tertiary/aromatic N) is 4. The van der Waals surface area contributed by atoms with Crippen LogP contribution >= 0.6 is 11.3 Å². The van der Waals surface area contributed by atoms with Gasteiger partial charge in [0.1, 0.15) is 9.88 Å². The number of alkyl halides is 2. The Morgan fingerprint density at radius 3 is 2.58 bits per heavy atom. The molecule has 138 valence electrons. The smallest absolute Gasteiger partial charge is 0.314 e. The van der Waals surface area contributed by atoms with E-state index >= 15 is 0 Å². The van der Waals surface area contributed by atoms with Crippen molar-refractivity contribution in [3.8, 4) is 10.8 Å². The van der Waals surface area contributed by atoms with Crippen LogP contribution < -0.4 is 4.31 Å². The van der Waals surface area contributed by atoms with Crippen molar-refractivity contribution in [1.29, 1.82) is 0 Å². The quantitative estimate of drug-likeness (QED) is 0.603. The lowest BCUT2D eigenvalue weighted by Gasteiger charge is -2.22. The molecule has 3 rings (SSSR count). The average Bonchev–Trinajstić information content (AvgIpc) is 3.29. The van der Waals surface area contributed by atoms with Crippen molar-refractivity contribution < 1.29 is 21.6 Å². The molecule has 0 aliphatic rings. The fraction of sp³-hybridized carbons (Fsp3) is 0.267. The maximum atomic E-state index is 12.5. The lowest BCUT2D eigenvalue weighted by molar-refractivity contribution is 0.116. The van der Waals surface area contributed by atoms with E-state index in [1.807, 2.05) is 0 Å². The minimum absolute atomic E-state index is 0.0146. The van der Waals surface area contributed by atoms with Gasteiger partial charge in [0, 0.05) is 0 Å². The molecule has 2 heterocycles. The van der Waals surface area contributed by atoms with Gasteiger partial charge in [-0.3, -0.25) is 4.31 Å². The van der Waals surface area contributed by atoms with Crippen LogP contribution in [0.25, 0.3) is 10.8 Å². The summed E-state index contributed by atoms with van der Waals surface area (Å²) in [5.41, 5.74) is 0.517. The summed E-state index contributed by atoms with van der Waals surface area (Å²) in [6.45, 7) is 1.57. The largest absolute Gasteiger partial charge is 0.414 e. The van der Waals surface area contributed by atoms with Crippen molar-refractivity contribution in [2.45, 2.75) is 19.9 Å². The predicted molar refractivity (Wildman–Crippen MR) is 92.4 cm³/mol. The Labute approximate surface area is 152 Å². The zero-order valence-corrected chi connectivity index (χ0v) is 15.2. The SMILES string of the molecule is CCS(=O)(=O)N(Cc1ncc(-c2nnc(C(F)F)o2)s1)c1ccccc1. The van der Waals surface area contributed by atoms with Crippen molar-refractivity contribution in [2.24, 2.45) is 0 Å². The Morgan fingerprint density at radius 2 is 1.96 bits per heavy atom. The number of para-hydroxylation sites is 1. The van der Waals surface area contributed by atoms with Gasteiger partial charge in [-0.25, -0.2) is 13.4 Å². The zero-order valence-electron chi connectivity index (χ0n) is 13.5. The van der Waals surface area contributed by atoms with E-state index in [1.165, 1.54) is 10.5 Å². The van der Waals surface area contributed by atoms with Gasteiger partial charge in [0.25, 0.3) is 11.8 Å². The van der Waals surface area contributed by atoms with Gasteiger partial charge in [0.05, 0.1) is 24.2 Å². The molecule has 0 bridgehead atoms. The number of benzene rings is 1. The number of hydrogen-bond donors (Lipinski definition) is 0. The summed E-state index contributed by atoms with van der Waals surface area (Å²) >= 11 is 1.10. The highest BCUT2D eigenvalue weighted by atomic mass is 32.2. The maximum absolute atomic E-state index is 12.5. The zero-order chi connectivity index (χ0) is 18.7. The molecule has 0 unspecified atom stereocenters. The monoisotopic (exact) mass is 400 g/mol. The number of rotatable bonds is 7. The van der Waals surface area contributed by atoms with Gasteiger partial charge >= 0.3 is 6.43 Å². The fourth-order valence-corrected chi connectivity index (χ4v) is 4.11. The Morgan fingerprint density at radius 1 is 1.23 bits per heavy atom. The van der Waals surface area contributed by atoms with Crippen LogP contribution in [0.1, 0.15) is 24.2 Å². The molecule has 1 aromatic carbocycles. The summed E-state index contributed by atoms with van der Waals surface area (Å²) in [6.07, 6.45) is -1.46. The molecule has 0 spiro atoms. The molecular formula is C15H14F2N4O3S2. The van der Waals surface area contributed by atoms with E-state index in [9.17, 15) is 17.2 Å². The first-order valence-electron chi connectivity index (χ1n) is 7.53. The molecule has 11 heteroatoms. The average molecular weight is 400 g/mol. The first-order chi connectivity index (χ1) is 12.4. The highest BCUT2D eigenvalue weighted by Gasteiger charge is 2.23. The molecule has 0 radical (unpaired) electrons. The molecular weight excluding hydrogens is 386 g/mol. The fourth-order valence-electron chi connectivity index (χ4n) is 2.13. The number of sulfonamides is 1. The predicted octanol–water partition coefficient (Wildman–Crippen LogP) is 3.49. The number of anilines is 1. The summed E-state index contributed by atoms with van der Waals surface area (Å²) in [5.74, 6) is -0.912. The second kappa shape index (κ2) is 7.46. The van der Waals surface area contributed by atoms with Gasteiger partial charge in [-0.05, 0) is 19.1 Å². The summed E-state index contributed by atoms with van der Waals surface area (Å²) in [7, 11) is -3.52. The van der Waals surface area contributed by atoms with E-state index < -0.39 is 22.3 Å². The first kappa shape index (κ1) is 18.4. The van der Waals surface area contributed by atoms with Crippen molar-refractivity contribution in [1.82, 2.24) is 15.2 Å². The van der Waals surface area contributed by atoms with Gasteiger partial charge < -0.3 is 4.42 Å². The molecule has 3 aromatic rings. The molecule has 26 heavy (non-hydrogen) atoms. The maximum Gasteiger partial charge on any atom is 0.314 e. The minimum Gasteiger partial charge on any atom is -0.414 e. The number of hydrogen-bond acceptors (Lipinski definition) is 7. The van der Waals surface area contributed by atoms with E-state index in [0.717, 1.165) is 11.3 Å². The molecule has 0 aliphatic carbocycles. The summed E-state index contributed by atoms with van der Waals surface area (Å²) < 4.78 is 56.1. The Hall–Kier alpha value is -2.40. The number of halogens is 2. The minimum atomic E-state index is -3.52. The third-order valence-electron chi connectivity index (χ3n) is 3.42. The van der Waals surface area contributed by atoms with E-state index in [-0.39, 0.29) is 18.2 Å². The Balaban J connectivity index is 1.87. The normalized spacial score (nSPS) is 11.8. The van der Waals surface area contributed by atoms with E-state index in [4.69, 9.17) is 4.42 Å². The van der Waals surface area contributed by atoms with E-state index in [1.54, 1.807) is 37.3 Å². The van der Waals surface area contributed by atoms with Crippen LogP contribution in [0, 0.1) is 0 Å². The van der Waals surface area contributed by atoms with Crippen molar-refractivity contribution in [3.63, 3.8) is 0 Å². The summed E-state index contributed by atoms with van der Waals surface area (Å²) in [4.78, 5) is 4.55. The third-order valence-corrected chi connectivity index (χ3v) is 6.13. The third kappa shape index (κ3) is 3.88. The second-order valence-corrected chi connectivity index (χ2v) is 8.40. The molecule has 0 amide bonds. The first-order valence-corrected chi connectivity index (χ1v) is 9.95.